The normalized spacial score (nSPS) is 17.1. The molecule has 4 nitrogen and oxygen atoms in total. The Labute approximate surface area is 142 Å². The number of rotatable bonds is 4. The molecule has 1 aliphatic rings. The lowest BCUT2D eigenvalue weighted by molar-refractivity contribution is -0.142. The van der Waals surface area contributed by atoms with Crippen LogP contribution in [0.15, 0.2) is 48.5 Å². The minimum atomic E-state index is -1.02. The van der Waals surface area contributed by atoms with Crippen LogP contribution in [0, 0.1) is 0 Å². The summed E-state index contributed by atoms with van der Waals surface area (Å²) in [6.45, 7) is 6.07. The first-order chi connectivity index (χ1) is 11.4. The van der Waals surface area contributed by atoms with Gasteiger partial charge in [-0.25, -0.2) is 4.79 Å². The van der Waals surface area contributed by atoms with Gasteiger partial charge < -0.3 is 14.7 Å². The summed E-state index contributed by atoms with van der Waals surface area (Å²) >= 11 is 0. The van der Waals surface area contributed by atoms with E-state index >= 15 is 0 Å². The van der Waals surface area contributed by atoms with E-state index in [1.807, 2.05) is 53.4 Å². The van der Waals surface area contributed by atoms with Crippen molar-refractivity contribution >= 4 is 11.7 Å². The van der Waals surface area contributed by atoms with Crippen molar-refractivity contribution in [2.75, 3.05) is 11.4 Å². The fraction of sp³-hybridized carbons (Fsp3) is 0.350. The van der Waals surface area contributed by atoms with Crippen LogP contribution >= 0.6 is 0 Å². The smallest absolute Gasteiger partial charge is 0.328 e. The quantitative estimate of drug-likeness (QED) is 0.921. The average Bonchev–Trinajstić information content (AvgIpc) is 2.60. The van der Waals surface area contributed by atoms with Crippen molar-refractivity contribution in [3.8, 4) is 5.75 Å². The third-order valence-corrected chi connectivity index (χ3v) is 4.71. The van der Waals surface area contributed by atoms with Gasteiger partial charge in [-0.1, -0.05) is 43.3 Å². The van der Waals surface area contributed by atoms with Crippen molar-refractivity contribution in [2.45, 2.75) is 38.8 Å². The zero-order chi connectivity index (χ0) is 17.3. The standard InChI is InChI=1S/C20H23NO3/c1-4-14-10-11-17-16(12-14)21(20(2,3)19(22)23)13-18(24-17)15-8-6-5-7-9-15/h5-12,18H,4,13H2,1-3H3,(H,22,23). The number of nitrogens with zero attached hydrogens (tertiary/aromatic N) is 1. The molecular weight excluding hydrogens is 302 g/mol. The molecule has 0 fully saturated rings. The van der Waals surface area contributed by atoms with E-state index in [0.29, 0.717) is 6.54 Å². The maximum atomic E-state index is 11.8. The predicted octanol–water partition coefficient (Wildman–Crippen LogP) is 4.05. The highest BCUT2D eigenvalue weighted by Crippen LogP contribution is 2.42. The molecule has 1 atom stereocenters. The van der Waals surface area contributed by atoms with Gasteiger partial charge >= 0.3 is 5.97 Å². The molecule has 24 heavy (non-hydrogen) atoms. The molecule has 0 radical (unpaired) electrons. The van der Waals surface area contributed by atoms with E-state index in [9.17, 15) is 9.90 Å². The number of ether oxygens (including phenoxy) is 1. The summed E-state index contributed by atoms with van der Waals surface area (Å²) in [4.78, 5) is 13.8. The Balaban J connectivity index is 2.07. The van der Waals surface area contributed by atoms with Gasteiger partial charge in [0.1, 0.15) is 17.4 Å². The molecule has 0 saturated heterocycles. The first-order valence-electron chi connectivity index (χ1n) is 8.29. The maximum absolute atomic E-state index is 11.8. The van der Waals surface area contributed by atoms with Crippen LogP contribution in [0.2, 0.25) is 0 Å². The Morgan fingerprint density at radius 1 is 1.25 bits per heavy atom. The lowest BCUT2D eigenvalue weighted by Crippen LogP contribution is -2.54. The number of carbonyl (C=O) groups is 1. The zero-order valence-electron chi connectivity index (χ0n) is 14.3. The van der Waals surface area contributed by atoms with Crippen LogP contribution in [-0.4, -0.2) is 23.2 Å². The molecule has 126 valence electrons. The monoisotopic (exact) mass is 325 g/mol. The van der Waals surface area contributed by atoms with Gasteiger partial charge in [-0.05, 0) is 43.5 Å². The second-order valence-corrected chi connectivity index (χ2v) is 6.65. The molecule has 0 spiro atoms. The molecule has 2 aromatic rings. The fourth-order valence-corrected chi connectivity index (χ4v) is 3.03. The number of fused-ring (bicyclic) bond motifs is 1. The highest BCUT2D eigenvalue weighted by Gasteiger charge is 2.40. The Bertz CT molecular complexity index is 740. The molecule has 1 heterocycles. The van der Waals surface area contributed by atoms with Gasteiger partial charge in [-0.3, -0.25) is 0 Å². The van der Waals surface area contributed by atoms with Crippen molar-refractivity contribution in [3.63, 3.8) is 0 Å². The Morgan fingerprint density at radius 3 is 2.58 bits per heavy atom. The molecule has 0 amide bonds. The van der Waals surface area contributed by atoms with Crippen LogP contribution in [0.3, 0.4) is 0 Å². The Morgan fingerprint density at radius 2 is 1.96 bits per heavy atom. The van der Waals surface area contributed by atoms with Crippen LogP contribution < -0.4 is 9.64 Å². The predicted molar refractivity (Wildman–Crippen MR) is 94.7 cm³/mol. The van der Waals surface area contributed by atoms with E-state index in [2.05, 4.69) is 6.92 Å². The van der Waals surface area contributed by atoms with Gasteiger partial charge in [0.2, 0.25) is 0 Å². The van der Waals surface area contributed by atoms with Crippen molar-refractivity contribution in [1.29, 1.82) is 0 Å². The van der Waals surface area contributed by atoms with E-state index in [-0.39, 0.29) is 6.10 Å². The van der Waals surface area contributed by atoms with Crippen molar-refractivity contribution < 1.29 is 14.6 Å². The molecule has 0 saturated carbocycles. The number of carboxylic acid groups (broad SMARTS) is 1. The molecule has 1 unspecified atom stereocenters. The van der Waals surface area contributed by atoms with E-state index in [1.54, 1.807) is 13.8 Å². The number of carboxylic acids is 1. The van der Waals surface area contributed by atoms with Crippen LogP contribution in [0.25, 0.3) is 0 Å². The highest BCUT2D eigenvalue weighted by atomic mass is 16.5. The molecule has 4 heteroatoms. The van der Waals surface area contributed by atoms with E-state index in [1.165, 1.54) is 5.56 Å². The number of aliphatic carboxylic acids is 1. The largest absolute Gasteiger partial charge is 0.482 e. The molecule has 0 aliphatic carbocycles. The molecule has 1 N–H and O–H groups in total. The van der Waals surface area contributed by atoms with Crippen molar-refractivity contribution in [1.82, 2.24) is 0 Å². The Kier molecular flexibility index (Phi) is 4.22. The first-order valence-corrected chi connectivity index (χ1v) is 8.29. The summed E-state index contributed by atoms with van der Waals surface area (Å²) in [5.41, 5.74) is 2.06. The van der Waals surface area contributed by atoms with E-state index < -0.39 is 11.5 Å². The first kappa shape index (κ1) is 16.4. The summed E-state index contributed by atoms with van der Waals surface area (Å²) in [6.07, 6.45) is 0.710. The van der Waals surface area contributed by atoms with Gasteiger partial charge in [0.15, 0.2) is 0 Å². The topological polar surface area (TPSA) is 49.8 Å². The SMILES string of the molecule is CCc1ccc2c(c1)N(C(C)(C)C(=O)O)CC(c1ccccc1)O2. The number of hydrogen-bond acceptors (Lipinski definition) is 3. The van der Waals surface area contributed by atoms with Crippen LogP contribution in [-0.2, 0) is 11.2 Å². The number of aryl methyl sites for hydroxylation is 1. The van der Waals surface area contributed by atoms with Crippen LogP contribution in [0.4, 0.5) is 5.69 Å². The minimum absolute atomic E-state index is 0.190. The van der Waals surface area contributed by atoms with Gasteiger partial charge in [0, 0.05) is 0 Å². The number of anilines is 1. The molecule has 0 aromatic heterocycles. The number of hydrogen-bond donors (Lipinski definition) is 1. The van der Waals surface area contributed by atoms with Gasteiger partial charge in [-0.15, -0.1) is 0 Å². The highest BCUT2D eigenvalue weighted by molar-refractivity contribution is 5.84. The second-order valence-electron chi connectivity index (χ2n) is 6.65. The Hall–Kier alpha value is -2.49. The van der Waals surface area contributed by atoms with Crippen LogP contribution in [0.5, 0.6) is 5.75 Å². The molecule has 1 aliphatic heterocycles. The van der Waals surface area contributed by atoms with Gasteiger partial charge in [-0.2, -0.15) is 0 Å². The summed E-state index contributed by atoms with van der Waals surface area (Å²) < 4.78 is 6.19. The fourth-order valence-electron chi connectivity index (χ4n) is 3.03. The maximum Gasteiger partial charge on any atom is 0.328 e. The number of benzene rings is 2. The average molecular weight is 325 g/mol. The van der Waals surface area contributed by atoms with Crippen LogP contribution in [0.1, 0.15) is 38.0 Å². The van der Waals surface area contributed by atoms with E-state index in [4.69, 9.17) is 4.74 Å². The van der Waals surface area contributed by atoms with Gasteiger partial charge in [0.25, 0.3) is 0 Å². The lowest BCUT2D eigenvalue weighted by atomic mass is 9.96. The third-order valence-electron chi connectivity index (χ3n) is 4.71. The molecular formula is C20H23NO3. The summed E-state index contributed by atoms with van der Waals surface area (Å²) in [7, 11) is 0. The van der Waals surface area contributed by atoms with Crippen molar-refractivity contribution in [3.05, 3.63) is 59.7 Å². The lowest BCUT2D eigenvalue weighted by Gasteiger charge is -2.43. The summed E-state index contributed by atoms with van der Waals surface area (Å²) in [6, 6.07) is 16.0. The second kappa shape index (κ2) is 6.19. The molecule has 2 aromatic carbocycles. The van der Waals surface area contributed by atoms with Crippen molar-refractivity contribution in [2.24, 2.45) is 0 Å². The van der Waals surface area contributed by atoms with Gasteiger partial charge in [0.05, 0.1) is 12.2 Å². The van der Waals surface area contributed by atoms with E-state index in [0.717, 1.165) is 23.4 Å². The third kappa shape index (κ3) is 2.84. The molecule has 0 bridgehead atoms. The minimum Gasteiger partial charge on any atom is -0.482 e. The summed E-state index contributed by atoms with van der Waals surface area (Å²) in [5.74, 6) is -0.106. The zero-order valence-corrected chi connectivity index (χ0v) is 14.3. The molecule has 3 rings (SSSR count). The summed E-state index contributed by atoms with van der Waals surface area (Å²) in [5, 5.41) is 9.72.